The number of aliphatic hydroxyl groups excluding tert-OH is 1. The van der Waals surface area contributed by atoms with Gasteiger partial charge in [-0.3, -0.25) is 19.5 Å². The highest BCUT2D eigenvalue weighted by Gasteiger charge is 2.40. The van der Waals surface area contributed by atoms with Crippen LogP contribution >= 0.6 is 0 Å². The number of amides is 1. The molecular weight excluding hydrogens is 692 g/mol. The molecule has 1 saturated carbocycles. The number of aromatic nitrogens is 2. The SMILES string of the molecule is C[C@H](c1ccccn1)c1ccc2c(c1N)Cc1ccccc1-2.O=C(N[C@H]1CCN([C@@H]2CCCC[C@H]2O)C[C@@H]1C(=O)O)c1cc(-c2ccc(F)cc2F)on1. The lowest BCUT2D eigenvalue weighted by Crippen LogP contribution is -2.58. The Balaban J connectivity index is 0.000000178. The van der Waals surface area contributed by atoms with E-state index in [0.29, 0.717) is 25.5 Å². The molecular formula is C42H43F2N5O5. The van der Waals surface area contributed by atoms with Gasteiger partial charge in [-0.15, -0.1) is 0 Å². The molecule has 3 aliphatic rings. The first-order valence-electron chi connectivity index (χ1n) is 18.4. The minimum Gasteiger partial charge on any atom is -0.481 e. The van der Waals surface area contributed by atoms with Crippen molar-refractivity contribution in [3.05, 3.63) is 125 Å². The van der Waals surface area contributed by atoms with Gasteiger partial charge in [0.1, 0.15) is 11.6 Å². The second-order valence-electron chi connectivity index (χ2n) is 14.3. The fourth-order valence-corrected chi connectivity index (χ4v) is 8.08. The molecule has 1 aliphatic heterocycles. The second-order valence-corrected chi connectivity index (χ2v) is 14.3. The molecule has 0 spiro atoms. The number of nitrogen functional groups attached to an aromatic ring is 1. The second kappa shape index (κ2) is 15.9. The summed E-state index contributed by atoms with van der Waals surface area (Å²) in [7, 11) is 0. The van der Waals surface area contributed by atoms with E-state index in [1.807, 2.05) is 23.2 Å². The summed E-state index contributed by atoms with van der Waals surface area (Å²) in [6, 6.07) is 22.5. The predicted molar refractivity (Wildman–Crippen MR) is 200 cm³/mol. The fourth-order valence-electron chi connectivity index (χ4n) is 8.08. The van der Waals surface area contributed by atoms with Gasteiger partial charge < -0.3 is 25.8 Å². The minimum absolute atomic E-state index is 0.0384. The van der Waals surface area contributed by atoms with Crippen LogP contribution in [-0.2, 0) is 11.2 Å². The first-order chi connectivity index (χ1) is 26.1. The van der Waals surface area contributed by atoms with E-state index in [1.165, 1.54) is 39.9 Å². The topological polar surface area (TPSA) is 155 Å². The normalized spacial score (nSPS) is 21.3. The summed E-state index contributed by atoms with van der Waals surface area (Å²) in [5.74, 6) is -3.93. The summed E-state index contributed by atoms with van der Waals surface area (Å²) in [5, 5.41) is 26.4. The number of benzene rings is 3. The lowest BCUT2D eigenvalue weighted by Gasteiger charge is -2.43. The zero-order chi connectivity index (χ0) is 37.9. The molecule has 3 heterocycles. The summed E-state index contributed by atoms with van der Waals surface area (Å²) in [6.45, 7) is 2.96. The van der Waals surface area contributed by atoms with Crippen LogP contribution in [0.2, 0.25) is 0 Å². The molecule has 2 fully saturated rings. The Bertz CT molecular complexity index is 2140. The molecule has 1 amide bonds. The van der Waals surface area contributed by atoms with Gasteiger partial charge in [-0.1, -0.05) is 67.4 Å². The average molecular weight is 736 g/mol. The molecule has 0 unspecified atom stereocenters. The lowest BCUT2D eigenvalue weighted by molar-refractivity contribution is -0.145. The number of hydrogen-bond acceptors (Lipinski definition) is 8. The average Bonchev–Trinajstić information content (AvgIpc) is 3.82. The molecule has 5 atom stereocenters. The zero-order valence-corrected chi connectivity index (χ0v) is 29.9. The molecule has 2 aromatic heterocycles. The molecule has 280 valence electrons. The number of nitrogens with one attached hydrogen (secondary N) is 1. The van der Waals surface area contributed by atoms with Crippen molar-refractivity contribution < 1.29 is 33.1 Å². The third kappa shape index (κ3) is 7.62. The van der Waals surface area contributed by atoms with Crippen molar-refractivity contribution in [1.82, 2.24) is 20.4 Å². The molecule has 1 saturated heterocycles. The van der Waals surface area contributed by atoms with Gasteiger partial charge in [0.05, 0.1) is 17.6 Å². The maximum Gasteiger partial charge on any atom is 0.309 e. The molecule has 0 radical (unpaired) electrons. The maximum absolute atomic E-state index is 14.0. The molecule has 5 aromatic rings. The van der Waals surface area contributed by atoms with Crippen LogP contribution in [0.3, 0.4) is 0 Å². The number of anilines is 1. The molecule has 12 heteroatoms. The van der Waals surface area contributed by atoms with Crippen molar-refractivity contribution >= 4 is 17.6 Å². The maximum atomic E-state index is 14.0. The molecule has 8 rings (SSSR count). The molecule has 10 nitrogen and oxygen atoms in total. The number of halogens is 2. The quantitative estimate of drug-likeness (QED) is 0.129. The van der Waals surface area contributed by atoms with E-state index in [4.69, 9.17) is 10.3 Å². The van der Waals surface area contributed by atoms with Crippen molar-refractivity contribution in [2.45, 2.75) is 69.6 Å². The van der Waals surface area contributed by atoms with Crippen molar-refractivity contribution in [2.24, 2.45) is 5.92 Å². The molecule has 3 aromatic carbocycles. The van der Waals surface area contributed by atoms with E-state index in [2.05, 4.69) is 64.8 Å². The molecule has 5 N–H and O–H groups in total. The Morgan fingerprint density at radius 1 is 0.963 bits per heavy atom. The van der Waals surface area contributed by atoms with Gasteiger partial charge in [0.25, 0.3) is 5.91 Å². The van der Waals surface area contributed by atoms with Crippen molar-refractivity contribution in [3.63, 3.8) is 0 Å². The Morgan fingerprint density at radius 2 is 1.74 bits per heavy atom. The minimum atomic E-state index is -1.03. The monoisotopic (exact) mass is 735 g/mol. The van der Waals surface area contributed by atoms with Crippen LogP contribution in [0, 0.1) is 17.6 Å². The zero-order valence-electron chi connectivity index (χ0n) is 29.9. The Labute approximate surface area is 312 Å². The summed E-state index contributed by atoms with van der Waals surface area (Å²) in [5.41, 5.74) is 14.7. The van der Waals surface area contributed by atoms with Crippen LogP contribution in [0.25, 0.3) is 22.5 Å². The number of hydrogen-bond donors (Lipinski definition) is 4. The number of aliphatic carboxylic acids is 1. The van der Waals surface area contributed by atoms with Gasteiger partial charge in [-0.05, 0) is 71.3 Å². The number of nitrogens with zero attached hydrogens (tertiary/aromatic N) is 3. The van der Waals surface area contributed by atoms with Crippen LogP contribution < -0.4 is 11.1 Å². The van der Waals surface area contributed by atoms with E-state index in [9.17, 15) is 28.6 Å². The summed E-state index contributed by atoms with van der Waals surface area (Å²) in [6.07, 6.45) is 6.21. The lowest BCUT2D eigenvalue weighted by atomic mass is 9.86. The van der Waals surface area contributed by atoms with Gasteiger partial charge in [-0.2, -0.15) is 0 Å². The predicted octanol–water partition coefficient (Wildman–Crippen LogP) is 6.82. The number of carboxylic acids is 1. The number of carbonyl (C=O) groups excluding carboxylic acids is 1. The largest absolute Gasteiger partial charge is 0.481 e. The number of rotatable bonds is 7. The van der Waals surface area contributed by atoms with Gasteiger partial charge in [0.15, 0.2) is 11.5 Å². The third-order valence-corrected chi connectivity index (χ3v) is 11.0. The van der Waals surface area contributed by atoms with E-state index >= 15 is 0 Å². The Morgan fingerprint density at radius 3 is 2.50 bits per heavy atom. The third-order valence-electron chi connectivity index (χ3n) is 11.0. The first-order valence-corrected chi connectivity index (χ1v) is 18.4. The van der Waals surface area contributed by atoms with E-state index in [0.717, 1.165) is 43.1 Å². The summed E-state index contributed by atoms with van der Waals surface area (Å²) < 4.78 is 32.1. The molecule has 2 aliphatic carbocycles. The standard InChI is InChI=1S/C22H25F2N3O5.C20H18N2/c23-12-5-6-13(15(24)9-12)20-10-17(26-32-20)21(29)25-16-7-8-27(11-14(16)22(30)31)18-3-1-2-4-19(18)28;1-13(19-8-4-5-11-22-19)15-9-10-17-16-7-3-2-6-14(16)12-18(17)20(15)21/h5-6,9-10,14,16,18-19,28H,1-4,7-8,11H2,(H,25,29)(H,30,31);2-11,13H,12,21H2,1H3/t14-,16-,18+,19+;13-/m00/s1. The van der Waals surface area contributed by atoms with Crippen molar-refractivity contribution in [1.29, 1.82) is 0 Å². The van der Waals surface area contributed by atoms with Crippen LogP contribution in [0.4, 0.5) is 14.5 Å². The van der Waals surface area contributed by atoms with Crippen LogP contribution in [-0.4, -0.2) is 68.4 Å². The first kappa shape index (κ1) is 36.9. The van der Waals surface area contributed by atoms with Crippen molar-refractivity contribution in [2.75, 3.05) is 18.8 Å². The molecule has 54 heavy (non-hydrogen) atoms. The number of carbonyl (C=O) groups is 2. The number of aliphatic hydroxyl groups is 1. The van der Waals surface area contributed by atoms with E-state index in [-0.39, 0.29) is 35.5 Å². The highest BCUT2D eigenvalue weighted by Crippen LogP contribution is 2.42. The van der Waals surface area contributed by atoms with E-state index in [1.54, 1.807) is 0 Å². The highest BCUT2D eigenvalue weighted by atomic mass is 19.1. The van der Waals surface area contributed by atoms with Gasteiger partial charge in [0.2, 0.25) is 0 Å². The molecule has 0 bridgehead atoms. The van der Waals surface area contributed by atoms with E-state index < -0.39 is 41.6 Å². The highest BCUT2D eigenvalue weighted by molar-refractivity contribution is 5.93. The summed E-state index contributed by atoms with van der Waals surface area (Å²) >= 11 is 0. The smallest absolute Gasteiger partial charge is 0.309 e. The van der Waals surface area contributed by atoms with Gasteiger partial charge >= 0.3 is 5.97 Å². The Hall–Kier alpha value is -5.46. The number of carboxylic acid groups (broad SMARTS) is 1. The summed E-state index contributed by atoms with van der Waals surface area (Å²) in [4.78, 5) is 31.1. The van der Waals surface area contributed by atoms with Crippen LogP contribution in [0.1, 0.15) is 77.8 Å². The number of pyridine rings is 1. The number of nitrogens with two attached hydrogens (primary N) is 1. The number of piperidine rings is 1. The number of likely N-dealkylation sites (tertiary alicyclic amines) is 1. The fraction of sp³-hybridized carbons (Fsp3) is 0.333. The van der Waals surface area contributed by atoms with Crippen LogP contribution in [0.15, 0.2) is 89.6 Å². The van der Waals surface area contributed by atoms with Crippen LogP contribution in [0.5, 0.6) is 0 Å². The van der Waals surface area contributed by atoms with Crippen molar-refractivity contribution in [3.8, 4) is 22.5 Å². The Kier molecular flexibility index (Phi) is 10.8. The van der Waals surface area contributed by atoms with Gasteiger partial charge in [0, 0.05) is 67.2 Å². The van der Waals surface area contributed by atoms with Gasteiger partial charge in [-0.25, -0.2) is 8.78 Å². The number of fused-ring (bicyclic) bond motifs is 3.